The van der Waals surface area contributed by atoms with Gasteiger partial charge in [0.05, 0.1) is 0 Å². The molecule has 1 aliphatic rings. The number of rotatable bonds is 3. The standard InChI is InChI=1S/C13H15F2NO/c1-13(5-6-16-8-13)12(17)7-9-10(14)3-2-4-11(9)15/h2-4,16H,5-8H2,1H3. The minimum Gasteiger partial charge on any atom is -0.316 e. The summed E-state index contributed by atoms with van der Waals surface area (Å²) in [4.78, 5) is 12.1. The fourth-order valence-corrected chi connectivity index (χ4v) is 2.13. The number of benzene rings is 1. The maximum Gasteiger partial charge on any atom is 0.144 e. The van der Waals surface area contributed by atoms with Crippen LogP contribution in [0.25, 0.3) is 0 Å². The summed E-state index contributed by atoms with van der Waals surface area (Å²) in [7, 11) is 0. The van der Waals surface area contributed by atoms with Crippen LogP contribution in [0.3, 0.4) is 0 Å². The van der Waals surface area contributed by atoms with E-state index >= 15 is 0 Å². The van der Waals surface area contributed by atoms with Crippen LogP contribution in [0.15, 0.2) is 18.2 Å². The Morgan fingerprint density at radius 2 is 2.06 bits per heavy atom. The minimum absolute atomic E-state index is 0.105. The molecule has 2 nitrogen and oxygen atoms in total. The predicted molar refractivity (Wildman–Crippen MR) is 60.7 cm³/mol. The van der Waals surface area contributed by atoms with Crippen LogP contribution in [0.4, 0.5) is 8.78 Å². The van der Waals surface area contributed by atoms with E-state index in [1.54, 1.807) is 0 Å². The highest BCUT2D eigenvalue weighted by atomic mass is 19.1. The molecule has 0 radical (unpaired) electrons. The third kappa shape index (κ3) is 2.36. The van der Waals surface area contributed by atoms with Gasteiger partial charge in [0.25, 0.3) is 0 Å². The molecule has 0 aliphatic carbocycles. The molecule has 1 aliphatic heterocycles. The van der Waals surface area contributed by atoms with E-state index in [-0.39, 0.29) is 17.8 Å². The van der Waals surface area contributed by atoms with Gasteiger partial charge in [-0.1, -0.05) is 13.0 Å². The highest BCUT2D eigenvalue weighted by Gasteiger charge is 2.36. The first kappa shape index (κ1) is 12.2. The average Bonchev–Trinajstić information content (AvgIpc) is 2.72. The zero-order valence-corrected chi connectivity index (χ0v) is 9.72. The van der Waals surface area contributed by atoms with Crippen molar-refractivity contribution in [2.75, 3.05) is 13.1 Å². The molecule has 2 rings (SSSR count). The van der Waals surface area contributed by atoms with E-state index in [2.05, 4.69) is 5.32 Å². The Balaban J connectivity index is 2.18. The first-order valence-corrected chi connectivity index (χ1v) is 5.70. The number of hydrogen-bond acceptors (Lipinski definition) is 2. The summed E-state index contributed by atoms with van der Waals surface area (Å²) in [6.45, 7) is 3.21. The summed E-state index contributed by atoms with van der Waals surface area (Å²) in [5.41, 5.74) is -0.611. The number of ketones is 1. The van der Waals surface area contributed by atoms with Crippen LogP contribution in [0.5, 0.6) is 0 Å². The van der Waals surface area contributed by atoms with Gasteiger partial charge in [-0.15, -0.1) is 0 Å². The normalized spacial score (nSPS) is 23.9. The van der Waals surface area contributed by atoms with Crippen molar-refractivity contribution in [1.29, 1.82) is 0 Å². The second kappa shape index (κ2) is 4.53. The molecule has 1 N–H and O–H groups in total. The number of carbonyl (C=O) groups excluding carboxylic acids is 1. The molecule has 0 bridgehead atoms. The SMILES string of the molecule is CC1(C(=O)Cc2c(F)cccc2F)CCNC1. The van der Waals surface area contributed by atoms with E-state index in [1.165, 1.54) is 18.2 Å². The van der Waals surface area contributed by atoms with Crippen LogP contribution in [0, 0.1) is 17.0 Å². The van der Waals surface area contributed by atoms with E-state index in [9.17, 15) is 13.6 Å². The van der Waals surface area contributed by atoms with E-state index in [0.717, 1.165) is 13.0 Å². The Bertz CT molecular complexity index is 419. The maximum absolute atomic E-state index is 13.4. The van der Waals surface area contributed by atoms with Gasteiger partial charge in [0.2, 0.25) is 0 Å². The molecular weight excluding hydrogens is 224 g/mol. The molecule has 0 aromatic heterocycles. The predicted octanol–water partition coefficient (Wildman–Crippen LogP) is 2.08. The van der Waals surface area contributed by atoms with Crippen molar-refractivity contribution >= 4 is 5.78 Å². The van der Waals surface area contributed by atoms with E-state index in [1.807, 2.05) is 6.92 Å². The van der Waals surface area contributed by atoms with Crippen molar-refractivity contribution in [3.63, 3.8) is 0 Å². The number of hydrogen-bond donors (Lipinski definition) is 1. The summed E-state index contributed by atoms with van der Waals surface area (Å²) < 4.78 is 26.8. The second-order valence-electron chi connectivity index (χ2n) is 4.79. The molecule has 17 heavy (non-hydrogen) atoms. The first-order valence-electron chi connectivity index (χ1n) is 5.70. The quantitative estimate of drug-likeness (QED) is 0.875. The third-order valence-corrected chi connectivity index (χ3v) is 3.44. The van der Waals surface area contributed by atoms with E-state index < -0.39 is 17.0 Å². The fourth-order valence-electron chi connectivity index (χ4n) is 2.13. The van der Waals surface area contributed by atoms with Gasteiger partial charge in [0.15, 0.2) is 0 Å². The molecule has 1 fully saturated rings. The third-order valence-electron chi connectivity index (χ3n) is 3.44. The van der Waals surface area contributed by atoms with E-state index in [0.29, 0.717) is 6.54 Å². The number of carbonyl (C=O) groups is 1. The number of Topliss-reactive ketones (excluding diaryl/α,β-unsaturated/α-hetero) is 1. The fraction of sp³-hybridized carbons (Fsp3) is 0.462. The van der Waals surface area contributed by atoms with Crippen molar-refractivity contribution in [3.8, 4) is 0 Å². The van der Waals surface area contributed by atoms with Gasteiger partial charge in [-0.3, -0.25) is 4.79 Å². The molecule has 1 unspecified atom stereocenters. The zero-order valence-electron chi connectivity index (χ0n) is 9.72. The molecule has 0 amide bonds. The summed E-state index contributed by atoms with van der Waals surface area (Å²) in [5, 5.41) is 3.10. The molecule has 1 aromatic rings. The van der Waals surface area contributed by atoms with Crippen LogP contribution in [-0.2, 0) is 11.2 Å². The number of nitrogens with one attached hydrogen (secondary N) is 1. The van der Waals surface area contributed by atoms with Gasteiger partial charge in [-0.25, -0.2) is 8.78 Å². The van der Waals surface area contributed by atoms with Crippen LogP contribution in [0.2, 0.25) is 0 Å². The molecular formula is C13H15F2NO. The van der Waals surface area contributed by atoms with Gasteiger partial charge in [0, 0.05) is 23.9 Å². The summed E-state index contributed by atoms with van der Waals surface area (Å²) in [6.07, 6.45) is 0.554. The van der Waals surface area contributed by atoms with Gasteiger partial charge >= 0.3 is 0 Å². The van der Waals surface area contributed by atoms with Crippen LogP contribution in [0.1, 0.15) is 18.9 Å². The number of halogens is 2. The van der Waals surface area contributed by atoms with Crippen LogP contribution >= 0.6 is 0 Å². The summed E-state index contributed by atoms with van der Waals surface area (Å²) in [5.74, 6) is -1.40. The Morgan fingerprint density at radius 3 is 2.59 bits per heavy atom. The van der Waals surface area contributed by atoms with Crippen molar-refractivity contribution in [1.82, 2.24) is 5.32 Å². The molecule has 1 atom stereocenters. The van der Waals surface area contributed by atoms with Crippen LogP contribution < -0.4 is 5.32 Å². The maximum atomic E-state index is 13.4. The Labute approximate surface area is 99.0 Å². The zero-order chi connectivity index (χ0) is 12.5. The largest absolute Gasteiger partial charge is 0.316 e. The molecule has 0 spiro atoms. The lowest BCUT2D eigenvalue weighted by Crippen LogP contribution is -2.32. The lowest BCUT2D eigenvalue weighted by atomic mass is 9.82. The highest BCUT2D eigenvalue weighted by molar-refractivity contribution is 5.87. The lowest BCUT2D eigenvalue weighted by molar-refractivity contribution is -0.126. The van der Waals surface area contributed by atoms with Crippen LogP contribution in [-0.4, -0.2) is 18.9 Å². The molecule has 4 heteroatoms. The highest BCUT2D eigenvalue weighted by Crippen LogP contribution is 2.28. The topological polar surface area (TPSA) is 29.1 Å². The van der Waals surface area contributed by atoms with Crippen molar-refractivity contribution in [2.24, 2.45) is 5.41 Å². The molecule has 1 heterocycles. The average molecular weight is 239 g/mol. The van der Waals surface area contributed by atoms with E-state index in [4.69, 9.17) is 0 Å². The first-order chi connectivity index (χ1) is 8.03. The molecule has 1 saturated heterocycles. The van der Waals surface area contributed by atoms with Gasteiger partial charge in [-0.05, 0) is 25.1 Å². The minimum atomic E-state index is -0.645. The van der Waals surface area contributed by atoms with Gasteiger partial charge < -0.3 is 5.32 Å². The Kier molecular flexibility index (Phi) is 3.24. The second-order valence-corrected chi connectivity index (χ2v) is 4.79. The molecule has 92 valence electrons. The van der Waals surface area contributed by atoms with Crippen molar-refractivity contribution in [3.05, 3.63) is 35.4 Å². The smallest absolute Gasteiger partial charge is 0.144 e. The lowest BCUT2D eigenvalue weighted by Gasteiger charge is -2.21. The molecule has 1 aromatic carbocycles. The Morgan fingerprint density at radius 1 is 1.41 bits per heavy atom. The van der Waals surface area contributed by atoms with Gasteiger partial charge in [0.1, 0.15) is 17.4 Å². The summed E-state index contributed by atoms with van der Waals surface area (Å²) in [6, 6.07) is 3.67. The Hall–Kier alpha value is -1.29. The molecule has 0 saturated carbocycles. The van der Waals surface area contributed by atoms with Crippen molar-refractivity contribution < 1.29 is 13.6 Å². The van der Waals surface area contributed by atoms with Gasteiger partial charge in [-0.2, -0.15) is 0 Å². The monoisotopic (exact) mass is 239 g/mol. The van der Waals surface area contributed by atoms with Crippen molar-refractivity contribution in [2.45, 2.75) is 19.8 Å². The summed E-state index contributed by atoms with van der Waals surface area (Å²) >= 11 is 0.